The lowest BCUT2D eigenvalue weighted by Gasteiger charge is -2.03. The molecule has 1 atom stereocenters. The van der Waals surface area contributed by atoms with E-state index in [1.165, 1.54) is 5.57 Å². The van der Waals surface area contributed by atoms with Gasteiger partial charge in [0.2, 0.25) is 0 Å². The van der Waals surface area contributed by atoms with Gasteiger partial charge in [0, 0.05) is 6.20 Å². The monoisotopic (exact) mass is 175 g/mol. The van der Waals surface area contributed by atoms with Crippen molar-refractivity contribution in [3.05, 3.63) is 35.7 Å². The van der Waals surface area contributed by atoms with Gasteiger partial charge in [-0.2, -0.15) is 0 Å². The molecule has 0 unspecified atom stereocenters. The Bertz CT molecular complexity index is 329. The molecule has 68 valence electrons. The molecule has 2 rings (SSSR count). The Morgan fingerprint density at radius 3 is 2.85 bits per heavy atom. The Hall–Kier alpha value is -1.15. The number of hydrogen-bond donors (Lipinski definition) is 1. The number of allylic oxidation sites excluding steroid dienone is 1. The summed E-state index contributed by atoms with van der Waals surface area (Å²) in [7, 11) is 0. The Morgan fingerprint density at radius 1 is 1.46 bits per heavy atom. The van der Waals surface area contributed by atoms with Crippen LogP contribution in [0.25, 0.3) is 5.57 Å². The van der Waals surface area contributed by atoms with Crippen LogP contribution in [0.15, 0.2) is 30.0 Å². The minimum atomic E-state index is -0.253. The molecule has 0 amide bonds. The number of hydrogen-bond acceptors (Lipinski definition) is 2. The van der Waals surface area contributed by atoms with Crippen molar-refractivity contribution in [2.75, 3.05) is 0 Å². The van der Waals surface area contributed by atoms with E-state index in [1.807, 2.05) is 25.1 Å². The summed E-state index contributed by atoms with van der Waals surface area (Å²) in [5.74, 6) is 0. The summed E-state index contributed by atoms with van der Waals surface area (Å²) in [4.78, 5) is 4.28. The largest absolute Gasteiger partial charge is 0.389 e. The van der Waals surface area contributed by atoms with Crippen LogP contribution in [0.5, 0.6) is 0 Å². The molecule has 0 fully saturated rings. The molecular weight excluding hydrogens is 162 g/mol. The second kappa shape index (κ2) is 3.30. The fourth-order valence-electron chi connectivity index (χ4n) is 1.77. The molecular formula is C11H13NO. The van der Waals surface area contributed by atoms with Crippen molar-refractivity contribution in [3.63, 3.8) is 0 Å². The van der Waals surface area contributed by atoms with Gasteiger partial charge in [-0.1, -0.05) is 6.07 Å². The third-order valence-electron chi connectivity index (χ3n) is 2.62. The van der Waals surface area contributed by atoms with Crippen LogP contribution >= 0.6 is 0 Å². The van der Waals surface area contributed by atoms with Gasteiger partial charge in [0.25, 0.3) is 0 Å². The van der Waals surface area contributed by atoms with Crippen molar-refractivity contribution >= 4 is 5.57 Å². The Morgan fingerprint density at radius 2 is 2.31 bits per heavy atom. The highest BCUT2D eigenvalue weighted by Crippen LogP contribution is 2.32. The third-order valence-corrected chi connectivity index (χ3v) is 2.62. The predicted octanol–water partition coefficient (Wildman–Crippen LogP) is 2.01. The molecule has 13 heavy (non-hydrogen) atoms. The van der Waals surface area contributed by atoms with E-state index in [9.17, 15) is 5.11 Å². The molecule has 1 aromatic rings. The molecule has 1 aromatic heterocycles. The minimum absolute atomic E-state index is 0.253. The maximum absolute atomic E-state index is 9.54. The zero-order chi connectivity index (χ0) is 9.26. The van der Waals surface area contributed by atoms with Gasteiger partial charge in [-0.3, -0.25) is 4.98 Å². The zero-order valence-electron chi connectivity index (χ0n) is 7.70. The lowest BCUT2D eigenvalue weighted by molar-refractivity contribution is 0.212. The van der Waals surface area contributed by atoms with Crippen molar-refractivity contribution < 1.29 is 5.11 Å². The Labute approximate surface area is 77.9 Å². The van der Waals surface area contributed by atoms with E-state index in [1.54, 1.807) is 6.20 Å². The number of pyridine rings is 1. The number of nitrogens with zero attached hydrogens (tertiary/aromatic N) is 1. The minimum Gasteiger partial charge on any atom is -0.389 e. The summed E-state index contributed by atoms with van der Waals surface area (Å²) < 4.78 is 0. The lowest BCUT2D eigenvalue weighted by atomic mass is 10.1. The fraction of sp³-hybridized carbons (Fsp3) is 0.364. The Balaban J connectivity index is 2.38. The summed E-state index contributed by atoms with van der Waals surface area (Å²) in [6.45, 7) is 1.99. The highest BCUT2D eigenvalue weighted by atomic mass is 16.3. The van der Waals surface area contributed by atoms with E-state index < -0.39 is 0 Å². The number of aliphatic hydroxyl groups is 1. The molecule has 0 bridgehead atoms. The molecule has 1 aliphatic rings. The van der Waals surface area contributed by atoms with E-state index in [0.717, 1.165) is 24.1 Å². The van der Waals surface area contributed by atoms with Crippen LogP contribution in [0, 0.1) is 0 Å². The van der Waals surface area contributed by atoms with Crippen LogP contribution in [0.1, 0.15) is 25.5 Å². The number of aliphatic hydroxyl groups excluding tert-OH is 1. The Kier molecular flexibility index (Phi) is 2.15. The SMILES string of the molecule is CC1=C(c2ccccn2)CC[C@H]1O. The second-order valence-electron chi connectivity index (χ2n) is 3.43. The average molecular weight is 175 g/mol. The third kappa shape index (κ3) is 1.49. The molecule has 0 saturated heterocycles. The van der Waals surface area contributed by atoms with Crippen molar-refractivity contribution in [2.45, 2.75) is 25.9 Å². The van der Waals surface area contributed by atoms with E-state index in [4.69, 9.17) is 0 Å². The molecule has 2 heteroatoms. The standard InChI is InChI=1S/C11H13NO/c1-8-9(5-6-11(8)13)10-4-2-3-7-12-10/h2-4,7,11,13H,5-6H2,1H3/t11-/m1/s1. The molecule has 1 aliphatic carbocycles. The van der Waals surface area contributed by atoms with E-state index in [2.05, 4.69) is 4.98 Å². The summed E-state index contributed by atoms with van der Waals surface area (Å²) in [5, 5.41) is 9.54. The van der Waals surface area contributed by atoms with Crippen molar-refractivity contribution in [1.29, 1.82) is 0 Å². The van der Waals surface area contributed by atoms with Gasteiger partial charge in [-0.05, 0) is 43.0 Å². The summed E-state index contributed by atoms with van der Waals surface area (Å²) in [5.41, 5.74) is 3.31. The second-order valence-corrected chi connectivity index (χ2v) is 3.43. The first kappa shape index (κ1) is 8.45. The highest BCUT2D eigenvalue weighted by Gasteiger charge is 2.21. The van der Waals surface area contributed by atoms with E-state index >= 15 is 0 Å². The van der Waals surface area contributed by atoms with Crippen LogP contribution in [-0.2, 0) is 0 Å². The fourth-order valence-corrected chi connectivity index (χ4v) is 1.77. The molecule has 0 aliphatic heterocycles. The first-order valence-electron chi connectivity index (χ1n) is 4.58. The van der Waals surface area contributed by atoms with Gasteiger partial charge in [0.05, 0.1) is 11.8 Å². The number of aromatic nitrogens is 1. The van der Waals surface area contributed by atoms with Crippen LogP contribution in [0.3, 0.4) is 0 Å². The predicted molar refractivity (Wildman–Crippen MR) is 52.1 cm³/mol. The van der Waals surface area contributed by atoms with Crippen LogP contribution < -0.4 is 0 Å². The first-order chi connectivity index (χ1) is 6.29. The quantitative estimate of drug-likeness (QED) is 0.708. The molecule has 0 radical (unpaired) electrons. The molecule has 1 N–H and O–H groups in total. The first-order valence-corrected chi connectivity index (χ1v) is 4.58. The lowest BCUT2D eigenvalue weighted by Crippen LogP contribution is -2.00. The van der Waals surface area contributed by atoms with Crippen molar-refractivity contribution in [3.8, 4) is 0 Å². The smallest absolute Gasteiger partial charge is 0.0757 e. The van der Waals surface area contributed by atoms with E-state index in [0.29, 0.717) is 0 Å². The molecule has 0 saturated carbocycles. The topological polar surface area (TPSA) is 33.1 Å². The van der Waals surface area contributed by atoms with Crippen LogP contribution in [0.2, 0.25) is 0 Å². The van der Waals surface area contributed by atoms with Gasteiger partial charge in [0.15, 0.2) is 0 Å². The molecule has 1 heterocycles. The maximum atomic E-state index is 9.54. The van der Waals surface area contributed by atoms with Crippen LogP contribution in [0.4, 0.5) is 0 Å². The van der Waals surface area contributed by atoms with Crippen LogP contribution in [-0.4, -0.2) is 16.2 Å². The van der Waals surface area contributed by atoms with Crippen molar-refractivity contribution in [2.24, 2.45) is 0 Å². The normalized spacial score (nSPS) is 22.5. The highest BCUT2D eigenvalue weighted by molar-refractivity contribution is 5.68. The molecule has 2 nitrogen and oxygen atoms in total. The van der Waals surface area contributed by atoms with Gasteiger partial charge < -0.3 is 5.11 Å². The maximum Gasteiger partial charge on any atom is 0.0757 e. The molecule has 0 spiro atoms. The summed E-state index contributed by atoms with van der Waals surface area (Å²) >= 11 is 0. The van der Waals surface area contributed by atoms with Gasteiger partial charge >= 0.3 is 0 Å². The van der Waals surface area contributed by atoms with E-state index in [-0.39, 0.29) is 6.10 Å². The summed E-state index contributed by atoms with van der Waals surface area (Å²) in [6, 6.07) is 5.88. The molecule has 0 aromatic carbocycles. The number of rotatable bonds is 1. The van der Waals surface area contributed by atoms with Crippen molar-refractivity contribution in [1.82, 2.24) is 4.98 Å². The summed E-state index contributed by atoms with van der Waals surface area (Å²) in [6.07, 6.45) is 3.33. The van der Waals surface area contributed by atoms with Gasteiger partial charge in [-0.15, -0.1) is 0 Å². The van der Waals surface area contributed by atoms with Gasteiger partial charge in [-0.25, -0.2) is 0 Å². The van der Waals surface area contributed by atoms with Gasteiger partial charge in [0.1, 0.15) is 0 Å². The zero-order valence-corrected chi connectivity index (χ0v) is 7.70. The average Bonchev–Trinajstić information content (AvgIpc) is 2.49.